The Morgan fingerprint density at radius 2 is 1.62 bits per heavy atom. The van der Waals surface area contributed by atoms with Crippen LogP contribution in [0.1, 0.15) is 24.2 Å². The first-order valence-corrected chi connectivity index (χ1v) is 8.14. The minimum Gasteiger partial charge on any atom is -0.452 e. The predicted molar refractivity (Wildman–Crippen MR) is 95.8 cm³/mol. The van der Waals surface area contributed by atoms with Gasteiger partial charge in [-0.1, -0.05) is 41.4 Å². The van der Waals surface area contributed by atoms with E-state index in [-0.39, 0.29) is 24.1 Å². The van der Waals surface area contributed by atoms with Gasteiger partial charge in [-0.25, -0.2) is 4.79 Å². The van der Waals surface area contributed by atoms with Crippen molar-refractivity contribution >= 4 is 40.8 Å². The molecule has 0 atom stereocenters. The third-order valence-electron chi connectivity index (χ3n) is 3.24. The minimum atomic E-state index is -0.649. The third-order valence-corrected chi connectivity index (χ3v) is 3.68. The lowest BCUT2D eigenvalue weighted by Gasteiger charge is -2.26. The van der Waals surface area contributed by atoms with E-state index in [1.165, 1.54) is 18.2 Å². The molecule has 2 aromatic rings. The van der Waals surface area contributed by atoms with Crippen LogP contribution in [-0.4, -0.2) is 24.5 Å². The summed E-state index contributed by atoms with van der Waals surface area (Å²) in [6.07, 6.45) is 0. The molecule has 2 rings (SSSR count). The van der Waals surface area contributed by atoms with Crippen LogP contribution in [0.15, 0.2) is 48.5 Å². The van der Waals surface area contributed by atoms with Crippen LogP contribution in [0.5, 0.6) is 0 Å². The second kappa shape index (κ2) is 8.18. The number of carbonyl (C=O) groups is 2. The molecular weight excluding hydrogens is 349 g/mol. The van der Waals surface area contributed by atoms with Crippen LogP contribution in [-0.2, 0) is 9.53 Å². The van der Waals surface area contributed by atoms with Crippen molar-refractivity contribution in [2.45, 2.75) is 19.9 Å². The molecule has 0 aliphatic carbocycles. The molecule has 0 saturated heterocycles. The lowest BCUT2D eigenvalue weighted by molar-refractivity contribution is -0.122. The fourth-order valence-electron chi connectivity index (χ4n) is 2.27. The van der Waals surface area contributed by atoms with Gasteiger partial charge >= 0.3 is 5.97 Å². The smallest absolute Gasteiger partial charge is 0.338 e. The number of rotatable bonds is 5. The molecule has 1 amide bonds. The largest absolute Gasteiger partial charge is 0.452 e. The van der Waals surface area contributed by atoms with Crippen molar-refractivity contribution in [2.75, 3.05) is 11.5 Å². The van der Waals surface area contributed by atoms with Crippen molar-refractivity contribution in [1.82, 2.24) is 0 Å². The van der Waals surface area contributed by atoms with Gasteiger partial charge in [-0.05, 0) is 44.2 Å². The molecule has 0 aromatic heterocycles. The zero-order valence-corrected chi connectivity index (χ0v) is 14.8. The topological polar surface area (TPSA) is 46.6 Å². The van der Waals surface area contributed by atoms with Crippen LogP contribution >= 0.6 is 23.2 Å². The highest BCUT2D eigenvalue weighted by Gasteiger charge is 2.21. The summed E-state index contributed by atoms with van der Waals surface area (Å²) in [5, 5.41) is 0.655. The van der Waals surface area contributed by atoms with Gasteiger partial charge in [-0.2, -0.15) is 0 Å². The van der Waals surface area contributed by atoms with E-state index in [0.717, 1.165) is 5.69 Å². The van der Waals surface area contributed by atoms with Crippen LogP contribution in [0.4, 0.5) is 5.69 Å². The summed E-state index contributed by atoms with van der Waals surface area (Å²) in [5.41, 5.74) is 0.954. The zero-order chi connectivity index (χ0) is 17.7. The van der Waals surface area contributed by atoms with E-state index in [9.17, 15) is 9.59 Å². The number of benzene rings is 2. The van der Waals surface area contributed by atoms with E-state index in [4.69, 9.17) is 27.9 Å². The number of carbonyl (C=O) groups excluding carboxylic acids is 2. The number of anilines is 1. The zero-order valence-electron chi connectivity index (χ0n) is 13.3. The molecule has 2 aromatic carbocycles. The van der Waals surface area contributed by atoms with E-state index >= 15 is 0 Å². The Morgan fingerprint density at radius 3 is 2.17 bits per heavy atom. The Bertz CT molecular complexity index is 712. The Hall–Kier alpha value is -2.04. The number of halogens is 2. The average molecular weight is 366 g/mol. The van der Waals surface area contributed by atoms with E-state index in [1.807, 2.05) is 44.2 Å². The predicted octanol–water partition coefficient (Wildman–Crippen LogP) is 4.59. The van der Waals surface area contributed by atoms with Gasteiger partial charge in [0.05, 0.1) is 5.56 Å². The van der Waals surface area contributed by atoms with Crippen LogP contribution < -0.4 is 4.90 Å². The summed E-state index contributed by atoms with van der Waals surface area (Å²) in [4.78, 5) is 26.1. The molecule has 0 fully saturated rings. The summed E-state index contributed by atoms with van der Waals surface area (Å²) in [6, 6.07) is 13.5. The normalized spacial score (nSPS) is 10.5. The number of amides is 1. The van der Waals surface area contributed by atoms with E-state index in [2.05, 4.69) is 0 Å². The molecule has 0 N–H and O–H groups in total. The second-order valence-corrected chi connectivity index (χ2v) is 6.30. The van der Waals surface area contributed by atoms with Crippen LogP contribution in [0.3, 0.4) is 0 Å². The second-order valence-electron chi connectivity index (χ2n) is 5.43. The first kappa shape index (κ1) is 18.3. The Balaban J connectivity index is 2.06. The number of esters is 1. The average Bonchev–Trinajstić information content (AvgIpc) is 2.52. The summed E-state index contributed by atoms with van der Waals surface area (Å²) in [6.45, 7) is 3.42. The summed E-state index contributed by atoms with van der Waals surface area (Å²) < 4.78 is 5.11. The lowest BCUT2D eigenvalue weighted by Crippen LogP contribution is -2.39. The number of nitrogens with zero attached hydrogens (tertiary/aromatic N) is 1. The molecule has 0 aliphatic heterocycles. The SMILES string of the molecule is CC(C)N(C(=O)COC(=O)c1cc(Cl)cc(Cl)c1)c1ccccc1. The van der Waals surface area contributed by atoms with Gasteiger partial charge in [0.1, 0.15) is 0 Å². The number of para-hydroxylation sites is 1. The molecular formula is C18H17Cl2NO3. The van der Waals surface area contributed by atoms with Gasteiger partial charge < -0.3 is 9.64 Å². The summed E-state index contributed by atoms with van der Waals surface area (Å²) >= 11 is 11.7. The van der Waals surface area contributed by atoms with Crippen molar-refractivity contribution in [3.8, 4) is 0 Å². The molecule has 0 bridgehead atoms. The minimum absolute atomic E-state index is 0.0702. The monoisotopic (exact) mass is 365 g/mol. The van der Waals surface area contributed by atoms with Crippen molar-refractivity contribution in [1.29, 1.82) is 0 Å². The van der Waals surface area contributed by atoms with E-state index < -0.39 is 5.97 Å². The van der Waals surface area contributed by atoms with Gasteiger partial charge in [0.25, 0.3) is 5.91 Å². The highest BCUT2D eigenvalue weighted by Crippen LogP contribution is 2.20. The fraction of sp³-hybridized carbons (Fsp3) is 0.222. The summed E-state index contributed by atoms with van der Waals surface area (Å²) in [5.74, 6) is -0.956. The van der Waals surface area contributed by atoms with Crippen molar-refractivity contribution < 1.29 is 14.3 Å². The third kappa shape index (κ3) is 4.73. The Kier molecular flexibility index (Phi) is 6.23. The molecule has 4 nitrogen and oxygen atoms in total. The molecule has 0 heterocycles. The molecule has 0 unspecified atom stereocenters. The fourth-order valence-corrected chi connectivity index (χ4v) is 2.80. The molecule has 0 aliphatic rings. The van der Waals surface area contributed by atoms with Crippen molar-refractivity contribution in [2.24, 2.45) is 0 Å². The maximum atomic E-state index is 12.5. The molecule has 6 heteroatoms. The Morgan fingerprint density at radius 1 is 1.04 bits per heavy atom. The van der Waals surface area contributed by atoms with Crippen LogP contribution in [0.25, 0.3) is 0 Å². The highest BCUT2D eigenvalue weighted by molar-refractivity contribution is 6.35. The van der Waals surface area contributed by atoms with Gasteiger partial charge in [0.2, 0.25) is 0 Å². The molecule has 24 heavy (non-hydrogen) atoms. The van der Waals surface area contributed by atoms with Gasteiger partial charge in [0.15, 0.2) is 6.61 Å². The maximum absolute atomic E-state index is 12.5. The lowest BCUT2D eigenvalue weighted by atomic mass is 10.2. The van der Waals surface area contributed by atoms with Gasteiger partial charge in [0, 0.05) is 21.8 Å². The van der Waals surface area contributed by atoms with Crippen molar-refractivity contribution in [3.05, 3.63) is 64.1 Å². The van der Waals surface area contributed by atoms with Crippen LogP contribution in [0, 0.1) is 0 Å². The van der Waals surface area contributed by atoms with Gasteiger partial charge in [-0.15, -0.1) is 0 Å². The Labute approximate surface area is 150 Å². The van der Waals surface area contributed by atoms with E-state index in [0.29, 0.717) is 10.0 Å². The molecule has 0 spiro atoms. The number of hydrogen-bond donors (Lipinski definition) is 0. The summed E-state index contributed by atoms with van der Waals surface area (Å²) in [7, 11) is 0. The standard InChI is InChI=1S/C18H17Cl2NO3/c1-12(2)21(16-6-4-3-5-7-16)17(22)11-24-18(23)13-8-14(19)10-15(20)9-13/h3-10,12H,11H2,1-2H3. The van der Waals surface area contributed by atoms with E-state index in [1.54, 1.807) is 4.90 Å². The maximum Gasteiger partial charge on any atom is 0.338 e. The number of hydrogen-bond acceptors (Lipinski definition) is 3. The first-order chi connectivity index (χ1) is 11.4. The van der Waals surface area contributed by atoms with Crippen molar-refractivity contribution in [3.63, 3.8) is 0 Å². The van der Waals surface area contributed by atoms with Gasteiger partial charge in [-0.3, -0.25) is 4.79 Å². The van der Waals surface area contributed by atoms with Crippen LogP contribution in [0.2, 0.25) is 10.0 Å². The molecule has 0 radical (unpaired) electrons. The molecule has 0 saturated carbocycles. The molecule has 126 valence electrons. The number of ether oxygens (including phenoxy) is 1. The first-order valence-electron chi connectivity index (χ1n) is 7.39. The quantitative estimate of drug-likeness (QED) is 0.727. The highest BCUT2D eigenvalue weighted by atomic mass is 35.5.